The molecule has 1 aromatic heterocycles. The maximum atomic E-state index is 6.11. The Morgan fingerprint density at radius 3 is 2.53 bits per heavy atom. The average molecular weight is 253 g/mol. The Morgan fingerprint density at radius 2 is 2.06 bits per heavy atom. The highest BCUT2D eigenvalue weighted by molar-refractivity contribution is 6.68. The van der Waals surface area contributed by atoms with Gasteiger partial charge < -0.3 is 10.4 Å². The van der Waals surface area contributed by atoms with Crippen molar-refractivity contribution < 1.29 is 4.65 Å². The van der Waals surface area contributed by atoms with Gasteiger partial charge in [-0.15, -0.1) is 0 Å². The van der Waals surface area contributed by atoms with Gasteiger partial charge in [0.05, 0.1) is 10.6 Å². The summed E-state index contributed by atoms with van der Waals surface area (Å²) in [6.07, 6.45) is 2.71. The van der Waals surface area contributed by atoms with Crippen LogP contribution < -0.4 is 11.2 Å². The Kier molecular flexibility index (Phi) is 2.91. The number of pyridine rings is 1. The van der Waals surface area contributed by atoms with E-state index in [1.54, 1.807) is 6.20 Å². The standard InChI is InChI=1S/C12H18BClN2O/c1-11(2)7-13(17-12(11,3)4)8-5-9(14)10(15)16-6-8/h5-6H,7H2,1-4H3,(H2,15,16). The quantitative estimate of drug-likeness (QED) is 0.781. The lowest BCUT2D eigenvalue weighted by atomic mass is 9.54. The molecular weight excluding hydrogens is 234 g/mol. The lowest BCUT2D eigenvalue weighted by molar-refractivity contribution is 0.0375. The second-order valence-electron chi connectivity index (χ2n) is 5.84. The second-order valence-corrected chi connectivity index (χ2v) is 6.25. The average Bonchev–Trinajstić information content (AvgIpc) is 2.41. The molecule has 1 fully saturated rings. The fourth-order valence-electron chi connectivity index (χ4n) is 2.09. The summed E-state index contributed by atoms with van der Waals surface area (Å²) in [5, 5.41) is 0.494. The fraction of sp³-hybridized carbons (Fsp3) is 0.583. The minimum atomic E-state index is -0.147. The summed E-state index contributed by atoms with van der Waals surface area (Å²) >= 11 is 5.99. The van der Waals surface area contributed by atoms with Gasteiger partial charge in [-0.1, -0.05) is 25.4 Å². The van der Waals surface area contributed by atoms with E-state index in [-0.39, 0.29) is 17.9 Å². The highest BCUT2D eigenvalue weighted by atomic mass is 35.5. The largest absolute Gasteiger partial charge is 0.425 e. The third kappa shape index (κ3) is 2.16. The molecule has 0 radical (unpaired) electrons. The number of anilines is 1. The van der Waals surface area contributed by atoms with Crippen LogP contribution in [-0.4, -0.2) is 17.5 Å². The van der Waals surface area contributed by atoms with Crippen molar-refractivity contribution in [3.63, 3.8) is 0 Å². The first-order valence-corrected chi connectivity index (χ1v) is 6.19. The molecule has 1 aliphatic heterocycles. The van der Waals surface area contributed by atoms with Gasteiger partial charge in [-0.05, 0) is 37.1 Å². The monoisotopic (exact) mass is 252 g/mol. The molecule has 0 spiro atoms. The maximum Gasteiger partial charge on any atom is 0.329 e. The van der Waals surface area contributed by atoms with Gasteiger partial charge in [0.1, 0.15) is 5.82 Å². The number of hydrogen-bond acceptors (Lipinski definition) is 3. The number of aromatic nitrogens is 1. The minimum absolute atomic E-state index is 0.0469. The predicted molar refractivity (Wildman–Crippen MR) is 72.8 cm³/mol. The van der Waals surface area contributed by atoms with E-state index in [4.69, 9.17) is 22.0 Å². The van der Waals surface area contributed by atoms with E-state index < -0.39 is 0 Å². The van der Waals surface area contributed by atoms with Crippen molar-refractivity contribution in [2.75, 3.05) is 5.73 Å². The fourth-order valence-corrected chi connectivity index (χ4v) is 2.27. The second kappa shape index (κ2) is 3.89. The summed E-state index contributed by atoms with van der Waals surface area (Å²) in [7, 11) is 0. The van der Waals surface area contributed by atoms with Crippen LogP contribution in [0.3, 0.4) is 0 Å². The zero-order valence-electron chi connectivity index (χ0n) is 10.7. The predicted octanol–water partition coefficient (Wildman–Crippen LogP) is 2.35. The molecule has 0 aromatic carbocycles. The minimum Gasteiger partial charge on any atom is -0.425 e. The van der Waals surface area contributed by atoms with Crippen LogP contribution in [-0.2, 0) is 4.65 Å². The summed E-state index contributed by atoms with van der Waals surface area (Å²) < 4.78 is 6.11. The van der Waals surface area contributed by atoms with Crippen LogP contribution in [0.25, 0.3) is 0 Å². The van der Waals surface area contributed by atoms with Crippen molar-refractivity contribution in [1.29, 1.82) is 0 Å². The van der Waals surface area contributed by atoms with E-state index >= 15 is 0 Å². The molecule has 92 valence electrons. The van der Waals surface area contributed by atoms with E-state index in [9.17, 15) is 0 Å². The molecule has 5 heteroatoms. The molecule has 0 bridgehead atoms. The van der Waals surface area contributed by atoms with Crippen LogP contribution in [0.15, 0.2) is 12.3 Å². The van der Waals surface area contributed by atoms with Gasteiger partial charge in [0.2, 0.25) is 0 Å². The number of rotatable bonds is 1. The smallest absolute Gasteiger partial charge is 0.329 e. The molecule has 0 amide bonds. The van der Waals surface area contributed by atoms with Gasteiger partial charge in [0.15, 0.2) is 0 Å². The van der Waals surface area contributed by atoms with Crippen LogP contribution in [0.5, 0.6) is 0 Å². The lowest BCUT2D eigenvalue weighted by Crippen LogP contribution is -2.36. The summed E-state index contributed by atoms with van der Waals surface area (Å²) in [5.74, 6) is 0.368. The highest BCUT2D eigenvalue weighted by Gasteiger charge is 2.49. The van der Waals surface area contributed by atoms with Crippen LogP contribution in [0, 0.1) is 5.41 Å². The Labute approximate surface area is 108 Å². The molecule has 1 aliphatic rings. The highest BCUT2D eigenvalue weighted by Crippen LogP contribution is 2.45. The van der Waals surface area contributed by atoms with Crippen LogP contribution in [0.4, 0.5) is 5.82 Å². The topological polar surface area (TPSA) is 48.1 Å². The SMILES string of the molecule is CC1(C)CB(c2cnc(N)c(Cl)c2)OC1(C)C. The van der Waals surface area contributed by atoms with Gasteiger partial charge in [-0.3, -0.25) is 0 Å². The molecule has 0 aliphatic carbocycles. The molecule has 2 heterocycles. The van der Waals surface area contributed by atoms with E-state index in [1.807, 2.05) is 6.07 Å². The summed E-state index contributed by atoms with van der Waals surface area (Å²) in [5.41, 5.74) is 6.60. The van der Waals surface area contributed by atoms with Crippen LogP contribution in [0.1, 0.15) is 27.7 Å². The van der Waals surface area contributed by atoms with Gasteiger partial charge in [0, 0.05) is 6.20 Å². The molecule has 17 heavy (non-hydrogen) atoms. The zero-order valence-corrected chi connectivity index (χ0v) is 11.5. The van der Waals surface area contributed by atoms with Crippen molar-refractivity contribution in [3.05, 3.63) is 17.3 Å². The first-order valence-electron chi connectivity index (χ1n) is 5.82. The number of nitrogen functional groups attached to an aromatic ring is 1. The van der Waals surface area contributed by atoms with E-state index in [1.165, 1.54) is 0 Å². The number of hydrogen-bond donors (Lipinski definition) is 1. The first kappa shape index (κ1) is 12.7. The third-order valence-electron chi connectivity index (χ3n) is 4.03. The number of halogens is 1. The Bertz CT molecular complexity index is 432. The van der Waals surface area contributed by atoms with Crippen molar-refractivity contribution in [2.45, 2.75) is 39.6 Å². The van der Waals surface area contributed by atoms with Crippen LogP contribution >= 0.6 is 11.6 Å². The summed E-state index contributed by atoms with van der Waals surface area (Å²) in [4.78, 5) is 4.08. The van der Waals surface area contributed by atoms with Crippen molar-refractivity contribution >= 4 is 29.8 Å². The molecule has 2 N–H and O–H groups in total. The third-order valence-corrected chi connectivity index (χ3v) is 4.33. The Morgan fingerprint density at radius 1 is 1.41 bits per heavy atom. The molecule has 2 rings (SSSR count). The molecule has 0 unspecified atom stereocenters. The molecule has 0 atom stereocenters. The van der Waals surface area contributed by atoms with Gasteiger partial charge >= 0.3 is 6.92 Å². The molecule has 3 nitrogen and oxygen atoms in total. The van der Waals surface area contributed by atoms with E-state index in [0.717, 1.165) is 11.8 Å². The zero-order chi connectivity index (χ0) is 12.8. The van der Waals surface area contributed by atoms with Gasteiger partial charge in [-0.25, -0.2) is 4.98 Å². The summed E-state index contributed by atoms with van der Waals surface area (Å²) in [6.45, 7) is 8.74. The Hall–Kier alpha value is -0.735. The normalized spacial score (nSPS) is 21.8. The summed E-state index contributed by atoms with van der Waals surface area (Å²) in [6, 6.07) is 1.85. The number of nitrogens with two attached hydrogens (primary N) is 1. The molecule has 0 saturated carbocycles. The molecule has 1 aromatic rings. The number of nitrogens with zero attached hydrogens (tertiary/aromatic N) is 1. The van der Waals surface area contributed by atoms with Crippen molar-refractivity contribution in [2.24, 2.45) is 5.41 Å². The van der Waals surface area contributed by atoms with E-state index in [2.05, 4.69) is 32.7 Å². The maximum absolute atomic E-state index is 6.11. The van der Waals surface area contributed by atoms with E-state index in [0.29, 0.717) is 10.8 Å². The van der Waals surface area contributed by atoms with Crippen molar-refractivity contribution in [1.82, 2.24) is 4.98 Å². The first-order chi connectivity index (χ1) is 7.73. The van der Waals surface area contributed by atoms with Crippen LogP contribution in [0.2, 0.25) is 11.3 Å². The van der Waals surface area contributed by atoms with Crippen molar-refractivity contribution in [3.8, 4) is 0 Å². The van der Waals surface area contributed by atoms with Gasteiger partial charge in [-0.2, -0.15) is 0 Å². The Balaban J connectivity index is 2.29. The lowest BCUT2D eigenvalue weighted by Gasteiger charge is -2.34. The molecular formula is C12H18BClN2O. The van der Waals surface area contributed by atoms with Gasteiger partial charge in [0.25, 0.3) is 0 Å². The molecule has 1 saturated heterocycles.